The van der Waals surface area contributed by atoms with Crippen molar-refractivity contribution in [3.05, 3.63) is 40.0 Å². The Hall–Kier alpha value is -1.07. The van der Waals surface area contributed by atoms with Crippen molar-refractivity contribution in [2.75, 3.05) is 0 Å². The molecule has 96 valence electrons. The van der Waals surface area contributed by atoms with Crippen molar-refractivity contribution in [1.29, 1.82) is 0 Å². The van der Waals surface area contributed by atoms with E-state index in [1.165, 1.54) is 5.56 Å². The molecular weight excluding hydrogens is 320 g/mol. The number of aromatic nitrogens is 2. The van der Waals surface area contributed by atoms with Gasteiger partial charge in [0, 0.05) is 0 Å². The molecule has 0 aliphatic heterocycles. The van der Waals surface area contributed by atoms with Crippen molar-refractivity contribution in [3.63, 3.8) is 0 Å². The molecule has 0 aliphatic carbocycles. The zero-order chi connectivity index (χ0) is 13.0. The second kappa shape index (κ2) is 6.20. The van der Waals surface area contributed by atoms with Crippen molar-refractivity contribution in [2.24, 2.45) is 0 Å². The van der Waals surface area contributed by atoms with Crippen LogP contribution < -0.4 is 4.74 Å². The van der Waals surface area contributed by atoms with Crippen molar-refractivity contribution in [2.45, 2.75) is 25.8 Å². The molecule has 2 aromatic rings. The molecule has 0 radical (unpaired) electrons. The number of hydrogen-bond acceptors (Lipinski definition) is 4. The van der Waals surface area contributed by atoms with Crippen LogP contribution >= 0.6 is 27.5 Å². The minimum absolute atomic E-state index is 0.210. The second-order valence-electron chi connectivity index (χ2n) is 3.63. The zero-order valence-electron chi connectivity index (χ0n) is 9.82. The van der Waals surface area contributed by atoms with Gasteiger partial charge in [-0.2, -0.15) is 0 Å². The smallest absolute Gasteiger partial charge is 0.253 e. The molecular formula is C12H12BrClN2O2. The average molecular weight is 332 g/mol. The third-order valence-electron chi connectivity index (χ3n) is 2.38. The van der Waals surface area contributed by atoms with Gasteiger partial charge in [0.2, 0.25) is 5.89 Å². The molecule has 1 aromatic heterocycles. The van der Waals surface area contributed by atoms with Gasteiger partial charge in [0.15, 0.2) is 6.61 Å². The molecule has 0 saturated carbocycles. The first-order chi connectivity index (χ1) is 8.72. The number of hydrogen-bond donors (Lipinski definition) is 0. The summed E-state index contributed by atoms with van der Waals surface area (Å²) >= 11 is 9.04. The lowest BCUT2D eigenvalue weighted by atomic mass is 10.2. The molecule has 1 heterocycles. The topological polar surface area (TPSA) is 48.2 Å². The standard InChI is InChI=1S/C12H12BrClN2O2/c1-2-8-3-4-10(9(13)5-8)17-7-12-16-15-11(6-14)18-12/h3-5H,2,6-7H2,1H3. The summed E-state index contributed by atoms with van der Waals surface area (Å²) in [7, 11) is 0. The Kier molecular flexibility index (Phi) is 4.60. The number of nitrogens with zero attached hydrogens (tertiary/aromatic N) is 2. The molecule has 0 fully saturated rings. The van der Waals surface area contributed by atoms with Gasteiger partial charge in [-0.25, -0.2) is 0 Å². The quantitative estimate of drug-likeness (QED) is 0.784. The fraction of sp³-hybridized carbons (Fsp3) is 0.333. The van der Waals surface area contributed by atoms with Crippen LogP contribution in [-0.4, -0.2) is 10.2 Å². The van der Waals surface area contributed by atoms with Crippen LogP contribution in [-0.2, 0) is 18.9 Å². The van der Waals surface area contributed by atoms with Gasteiger partial charge in [-0.3, -0.25) is 0 Å². The molecule has 0 spiro atoms. The summed E-state index contributed by atoms with van der Waals surface area (Å²) in [5.74, 6) is 1.77. The van der Waals surface area contributed by atoms with Crippen molar-refractivity contribution in [3.8, 4) is 5.75 Å². The van der Waals surface area contributed by atoms with Crippen LogP contribution in [0.15, 0.2) is 27.1 Å². The highest BCUT2D eigenvalue weighted by Gasteiger charge is 2.07. The van der Waals surface area contributed by atoms with Crippen molar-refractivity contribution < 1.29 is 9.15 Å². The minimum atomic E-state index is 0.210. The fourth-order valence-electron chi connectivity index (χ4n) is 1.42. The van der Waals surface area contributed by atoms with E-state index in [0.717, 1.165) is 16.6 Å². The van der Waals surface area contributed by atoms with Gasteiger partial charge in [-0.05, 0) is 40.0 Å². The van der Waals surface area contributed by atoms with Crippen LogP contribution in [0.5, 0.6) is 5.75 Å². The van der Waals surface area contributed by atoms with E-state index >= 15 is 0 Å². The number of rotatable bonds is 5. The van der Waals surface area contributed by atoms with Crippen LogP contribution in [0.25, 0.3) is 0 Å². The molecule has 4 nitrogen and oxygen atoms in total. The SMILES string of the molecule is CCc1ccc(OCc2nnc(CCl)o2)c(Br)c1. The normalized spacial score (nSPS) is 10.6. The van der Waals surface area contributed by atoms with E-state index in [-0.39, 0.29) is 12.5 Å². The first-order valence-electron chi connectivity index (χ1n) is 5.51. The average Bonchev–Trinajstić information content (AvgIpc) is 2.85. The summed E-state index contributed by atoms with van der Waals surface area (Å²) in [6.07, 6.45) is 0.988. The molecule has 0 aliphatic rings. The van der Waals surface area contributed by atoms with Gasteiger partial charge >= 0.3 is 0 Å². The van der Waals surface area contributed by atoms with E-state index in [4.69, 9.17) is 20.8 Å². The van der Waals surface area contributed by atoms with E-state index in [1.54, 1.807) is 0 Å². The van der Waals surface area contributed by atoms with Gasteiger partial charge in [-0.15, -0.1) is 21.8 Å². The maximum atomic E-state index is 5.59. The number of alkyl halides is 1. The Morgan fingerprint density at radius 3 is 2.72 bits per heavy atom. The van der Waals surface area contributed by atoms with Crippen LogP contribution in [0.2, 0.25) is 0 Å². The molecule has 2 rings (SSSR count). The fourth-order valence-corrected chi connectivity index (χ4v) is 2.07. The molecule has 1 aromatic carbocycles. The Morgan fingerprint density at radius 1 is 1.33 bits per heavy atom. The van der Waals surface area contributed by atoms with E-state index in [2.05, 4.69) is 33.1 Å². The lowest BCUT2D eigenvalue weighted by Crippen LogP contribution is -1.96. The summed E-state index contributed by atoms with van der Waals surface area (Å²) in [4.78, 5) is 0. The first-order valence-corrected chi connectivity index (χ1v) is 6.84. The summed E-state index contributed by atoms with van der Waals surface area (Å²) < 4.78 is 11.8. The Bertz CT molecular complexity index is 531. The molecule has 6 heteroatoms. The molecule has 0 unspecified atom stereocenters. The third-order valence-corrected chi connectivity index (χ3v) is 3.23. The predicted molar refractivity (Wildman–Crippen MR) is 71.7 cm³/mol. The molecule has 0 amide bonds. The lowest BCUT2D eigenvalue weighted by molar-refractivity contribution is 0.258. The largest absolute Gasteiger partial charge is 0.483 e. The molecule has 0 atom stereocenters. The molecule has 0 bridgehead atoms. The Labute approximate surface area is 118 Å². The Balaban J connectivity index is 2.01. The highest BCUT2D eigenvalue weighted by atomic mass is 79.9. The number of aryl methyl sites for hydroxylation is 1. The van der Waals surface area contributed by atoms with E-state index in [9.17, 15) is 0 Å². The second-order valence-corrected chi connectivity index (χ2v) is 4.75. The van der Waals surface area contributed by atoms with Crippen LogP contribution in [0.3, 0.4) is 0 Å². The summed E-state index contributed by atoms with van der Waals surface area (Å²) in [6, 6.07) is 5.98. The highest BCUT2D eigenvalue weighted by Crippen LogP contribution is 2.26. The maximum absolute atomic E-state index is 5.59. The number of benzene rings is 1. The number of halogens is 2. The van der Waals surface area contributed by atoms with Crippen LogP contribution in [0.4, 0.5) is 0 Å². The lowest BCUT2D eigenvalue weighted by Gasteiger charge is -2.07. The molecule has 0 saturated heterocycles. The third kappa shape index (κ3) is 3.23. The molecule has 0 N–H and O–H groups in total. The number of ether oxygens (including phenoxy) is 1. The first kappa shape index (κ1) is 13.4. The van der Waals surface area contributed by atoms with E-state index in [0.29, 0.717) is 11.8 Å². The monoisotopic (exact) mass is 330 g/mol. The van der Waals surface area contributed by atoms with Gasteiger partial charge in [0.05, 0.1) is 4.47 Å². The zero-order valence-corrected chi connectivity index (χ0v) is 12.2. The maximum Gasteiger partial charge on any atom is 0.253 e. The van der Waals surface area contributed by atoms with Gasteiger partial charge in [0.25, 0.3) is 5.89 Å². The van der Waals surface area contributed by atoms with E-state index in [1.807, 2.05) is 18.2 Å². The Morgan fingerprint density at radius 2 is 2.11 bits per heavy atom. The summed E-state index contributed by atoms with van der Waals surface area (Å²) in [6.45, 7) is 2.34. The van der Waals surface area contributed by atoms with Crippen molar-refractivity contribution >= 4 is 27.5 Å². The summed E-state index contributed by atoms with van der Waals surface area (Å²) in [5.41, 5.74) is 1.25. The van der Waals surface area contributed by atoms with Gasteiger partial charge < -0.3 is 9.15 Å². The van der Waals surface area contributed by atoms with Gasteiger partial charge in [-0.1, -0.05) is 13.0 Å². The van der Waals surface area contributed by atoms with Crippen LogP contribution in [0, 0.1) is 0 Å². The highest BCUT2D eigenvalue weighted by molar-refractivity contribution is 9.10. The van der Waals surface area contributed by atoms with Crippen LogP contribution in [0.1, 0.15) is 24.3 Å². The van der Waals surface area contributed by atoms with Gasteiger partial charge in [0.1, 0.15) is 11.6 Å². The summed E-state index contributed by atoms with van der Waals surface area (Å²) in [5, 5.41) is 7.58. The molecule has 18 heavy (non-hydrogen) atoms. The minimum Gasteiger partial charge on any atom is -0.483 e. The predicted octanol–water partition coefficient (Wildman–Crippen LogP) is 3.71. The van der Waals surface area contributed by atoms with E-state index < -0.39 is 0 Å². The van der Waals surface area contributed by atoms with Crippen molar-refractivity contribution in [1.82, 2.24) is 10.2 Å².